The van der Waals surface area contributed by atoms with Crippen LogP contribution in [0.2, 0.25) is 0 Å². The summed E-state index contributed by atoms with van der Waals surface area (Å²) in [5.41, 5.74) is 1.13. The fourth-order valence-electron chi connectivity index (χ4n) is 1.87. The van der Waals surface area contributed by atoms with Gasteiger partial charge < -0.3 is 5.11 Å². The van der Waals surface area contributed by atoms with Gasteiger partial charge in [-0.2, -0.15) is 0 Å². The first-order valence-corrected chi connectivity index (χ1v) is 7.97. The lowest BCUT2D eigenvalue weighted by molar-refractivity contribution is 0.240. The fraction of sp³-hybridized carbons (Fsp3) is 0.625. The molecule has 0 aliphatic rings. The second-order valence-corrected chi connectivity index (χ2v) is 5.87. The molecule has 0 aliphatic heterocycles. The molecule has 1 aromatic rings. The van der Waals surface area contributed by atoms with Crippen molar-refractivity contribution in [2.45, 2.75) is 40.2 Å². The summed E-state index contributed by atoms with van der Waals surface area (Å²) in [4.78, 5) is 3.83. The standard InChI is InChI=1S/C16H25NOS/c1-4-14(3)12-17(5-2)13-16-15(9-11-19-16)8-6-7-10-18/h9,11,14,18H,4-5,7,10,12-13H2,1-3H3. The molecule has 1 heterocycles. The molecule has 0 saturated heterocycles. The summed E-state index contributed by atoms with van der Waals surface area (Å²) in [5.74, 6) is 6.91. The lowest BCUT2D eigenvalue weighted by Gasteiger charge is -2.23. The SMILES string of the molecule is CCC(C)CN(CC)Cc1sccc1C#CCCO. The maximum atomic E-state index is 8.77. The van der Waals surface area contributed by atoms with E-state index in [9.17, 15) is 0 Å². The Morgan fingerprint density at radius 3 is 2.84 bits per heavy atom. The Kier molecular flexibility index (Phi) is 7.81. The molecule has 1 N–H and O–H groups in total. The highest BCUT2D eigenvalue weighted by Crippen LogP contribution is 2.19. The van der Waals surface area contributed by atoms with Gasteiger partial charge in [0.15, 0.2) is 0 Å². The third-order valence-electron chi connectivity index (χ3n) is 3.29. The molecule has 19 heavy (non-hydrogen) atoms. The van der Waals surface area contributed by atoms with Gasteiger partial charge in [0.2, 0.25) is 0 Å². The molecule has 0 saturated carbocycles. The van der Waals surface area contributed by atoms with Gasteiger partial charge in [-0.05, 0) is 23.9 Å². The zero-order valence-electron chi connectivity index (χ0n) is 12.3. The molecular formula is C16H25NOS. The molecule has 0 spiro atoms. The minimum Gasteiger partial charge on any atom is -0.395 e. The topological polar surface area (TPSA) is 23.5 Å². The zero-order valence-corrected chi connectivity index (χ0v) is 13.1. The molecule has 3 heteroatoms. The summed E-state index contributed by atoms with van der Waals surface area (Å²) in [7, 11) is 0. The minimum absolute atomic E-state index is 0.140. The van der Waals surface area contributed by atoms with Crippen molar-refractivity contribution in [3.63, 3.8) is 0 Å². The number of thiophene rings is 1. The van der Waals surface area contributed by atoms with Crippen molar-refractivity contribution in [2.24, 2.45) is 5.92 Å². The predicted octanol–water partition coefficient (Wildman–Crippen LogP) is 3.35. The molecule has 1 atom stereocenters. The monoisotopic (exact) mass is 279 g/mol. The van der Waals surface area contributed by atoms with Crippen molar-refractivity contribution in [2.75, 3.05) is 19.7 Å². The van der Waals surface area contributed by atoms with Gasteiger partial charge in [0.25, 0.3) is 0 Å². The molecule has 0 amide bonds. The molecule has 0 aromatic carbocycles. The van der Waals surface area contributed by atoms with Gasteiger partial charge in [-0.25, -0.2) is 0 Å². The van der Waals surface area contributed by atoms with Gasteiger partial charge in [0, 0.05) is 30.0 Å². The van der Waals surface area contributed by atoms with E-state index in [1.807, 2.05) is 0 Å². The number of hydrogen-bond acceptors (Lipinski definition) is 3. The third-order valence-corrected chi connectivity index (χ3v) is 4.19. The Morgan fingerprint density at radius 1 is 1.42 bits per heavy atom. The van der Waals surface area contributed by atoms with Crippen LogP contribution in [-0.4, -0.2) is 29.7 Å². The first-order valence-electron chi connectivity index (χ1n) is 7.09. The zero-order chi connectivity index (χ0) is 14.1. The first kappa shape index (κ1) is 16.2. The summed E-state index contributed by atoms with van der Waals surface area (Å²) >= 11 is 1.78. The van der Waals surface area contributed by atoms with E-state index >= 15 is 0 Å². The summed E-state index contributed by atoms with van der Waals surface area (Å²) < 4.78 is 0. The van der Waals surface area contributed by atoms with Crippen molar-refractivity contribution in [1.82, 2.24) is 4.90 Å². The molecule has 106 valence electrons. The Balaban J connectivity index is 2.65. The van der Waals surface area contributed by atoms with E-state index in [2.05, 4.69) is 49.0 Å². The smallest absolute Gasteiger partial charge is 0.0540 e. The van der Waals surface area contributed by atoms with Crippen LogP contribution in [0.4, 0.5) is 0 Å². The van der Waals surface area contributed by atoms with Crippen LogP contribution >= 0.6 is 11.3 Å². The van der Waals surface area contributed by atoms with Gasteiger partial charge in [0.1, 0.15) is 0 Å². The summed E-state index contributed by atoms with van der Waals surface area (Å²) in [6.45, 7) is 10.1. The van der Waals surface area contributed by atoms with Crippen LogP contribution in [0.3, 0.4) is 0 Å². The lowest BCUT2D eigenvalue weighted by Crippen LogP contribution is -2.27. The van der Waals surface area contributed by atoms with E-state index in [0.717, 1.165) is 31.1 Å². The Bertz CT molecular complexity index is 416. The molecule has 1 unspecified atom stereocenters. The van der Waals surface area contributed by atoms with Crippen LogP contribution in [-0.2, 0) is 6.54 Å². The van der Waals surface area contributed by atoms with Crippen LogP contribution in [0.25, 0.3) is 0 Å². The predicted molar refractivity (Wildman–Crippen MR) is 83.3 cm³/mol. The van der Waals surface area contributed by atoms with Crippen LogP contribution in [0.15, 0.2) is 11.4 Å². The lowest BCUT2D eigenvalue weighted by atomic mass is 10.1. The van der Waals surface area contributed by atoms with Crippen molar-refractivity contribution in [3.05, 3.63) is 21.9 Å². The normalized spacial score (nSPS) is 12.3. The van der Waals surface area contributed by atoms with Crippen molar-refractivity contribution >= 4 is 11.3 Å². The highest BCUT2D eigenvalue weighted by atomic mass is 32.1. The molecule has 0 fully saturated rings. The number of aliphatic hydroxyl groups excluding tert-OH is 1. The van der Waals surface area contributed by atoms with E-state index in [-0.39, 0.29) is 6.61 Å². The molecule has 1 aromatic heterocycles. The average molecular weight is 279 g/mol. The minimum atomic E-state index is 0.140. The number of nitrogens with zero attached hydrogens (tertiary/aromatic N) is 1. The molecular weight excluding hydrogens is 254 g/mol. The van der Waals surface area contributed by atoms with Crippen LogP contribution in [0, 0.1) is 17.8 Å². The maximum Gasteiger partial charge on any atom is 0.0540 e. The maximum absolute atomic E-state index is 8.77. The van der Waals surface area contributed by atoms with Crippen molar-refractivity contribution in [3.8, 4) is 11.8 Å². The van der Waals surface area contributed by atoms with Gasteiger partial charge in [0.05, 0.1) is 6.61 Å². The van der Waals surface area contributed by atoms with E-state index in [0.29, 0.717) is 6.42 Å². The van der Waals surface area contributed by atoms with E-state index < -0.39 is 0 Å². The van der Waals surface area contributed by atoms with Crippen molar-refractivity contribution in [1.29, 1.82) is 0 Å². The van der Waals surface area contributed by atoms with Gasteiger partial charge in [-0.15, -0.1) is 11.3 Å². The average Bonchev–Trinajstić information content (AvgIpc) is 2.85. The largest absolute Gasteiger partial charge is 0.395 e. The molecule has 0 radical (unpaired) electrons. The molecule has 1 rings (SSSR count). The summed E-state index contributed by atoms with van der Waals surface area (Å²) in [5, 5.41) is 10.9. The first-order chi connectivity index (χ1) is 9.21. The van der Waals surface area contributed by atoms with Crippen LogP contribution < -0.4 is 0 Å². The highest BCUT2D eigenvalue weighted by Gasteiger charge is 2.10. The fourth-order valence-corrected chi connectivity index (χ4v) is 2.74. The number of aliphatic hydroxyl groups is 1. The van der Waals surface area contributed by atoms with Crippen LogP contribution in [0.5, 0.6) is 0 Å². The van der Waals surface area contributed by atoms with E-state index in [1.54, 1.807) is 11.3 Å². The quantitative estimate of drug-likeness (QED) is 0.774. The van der Waals surface area contributed by atoms with Gasteiger partial charge in [-0.1, -0.05) is 39.0 Å². The van der Waals surface area contributed by atoms with Crippen molar-refractivity contribution < 1.29 is 5.11 Å². The summed E-state index contributed by atoms with van der Waals surface area (Å²) in [6.07, 6.45) is 1.78. The molecule has 2 nitrogen and oxygen atoms in total. The van der Waals surface area contributed by atoms with Crippen LogP contribution in [0.1, 0.15) is 44.1 Å². The van der Waals surface area contributed by atoms with Gasteiger partial charge >= 0.3 is 0 Å². The third kappa shape index (κ3) is 5.78. The number of hydrogen-bond donors (Lipinski definition) is 1. The highest BCUT2D eigenvalue weighted by molar-refractivity contribution is 7.10. The van der Waals surface area contributed by atoms with Gasteiger partial charge in [-0.3, -0.25) is 4.90 Å². The Morgan fingerprint density at radius 2 is 2.21 bits per heavy atom. The Labute approximate surface area is 121 Å². The second kappa shape index (κ2) is 9.14. The molecule has 0 aliphatic carbocycles. The van der Waals surface area contributed by atoms with E-state index in [4.69, 9.17) is 5.11 Å². The van der Waals surface area contributed by atoms with E-state index in [1.165, 1.54) is 11.3 Å². The second-order valence-electron chi connectivity index (χ2n) is 4.87. The summed E-state index contributed by atoms with van der Waals surface area (Å²) in [6, 6.07) is 2.08. The molecule has 0 bridgehead atoms. The number of rotatable bonds is 7. The Hall–Kier alpha value is -0.820.